The highest BCUT2D eigenvalue weighted by atomic mass is 35.5. The molecule has 2 fully saturated rings. The Balaban J connectivity index is 1.55. The highest BCUT2D eigenvalue weighted by Crippen LogP contribution is 2.37. The van der Waals surface area contributed by atoms with Gasteiger partial charge in [-0.05, 0) is 64.5 Å². The molecule has 1 aromatic carbocycles. The van der Waals surface area contributed by atoms with E-state index in [0.717, 1.165) is 45.4 Å². The number of nitrogens with one attached hydrogen (secondary N) is 1. The number of rotatable bonds is 6. The third-order valence-electron chi connectivity index (χ3n) is 6.19. The minimum absolute atomic E-state index is 0.0473. The number of piperidine rings is 1. The third-order valence-corrected chi connectivity index (χ3v) is 6.42. The Kier molecular flexibility index (Phi) is 6.61. The van der Waals surface area contributed by atoms with Crippen LogP contribution < -0.4 is 5.32 Å². The summed E-state index contributed by atoms with van der Waals surface area (Å²) in [6.07, 6.45) is 7.04. The van der Waals surface area contributed by atoms with E-state index in [4.69, 9.17) is 16.3 Å². The van der Waals surface area contributed by atoms with Crippen LogP contribution in [0.3, 0.4) is 0 Å². The molecule has 150 valence electrons. The topological polar surface area (TPSA) is 67.6 Å². The van der Waals surface area contributed by atoms with Crippen LogP contribution in [0.15, 0.2) is 18.2 Å². The fraction of sp³-hybridized carbons (Fsp3) is 0.700. The fourth-order valence-corrected chi connectivity index (χ4v) is 4.66. The molecule has 1 aliphatic heterocycles. The minimum Gasteiger partial charge on any atom is -0.379 e. The maximum absolute atomic E-state index is 11.3. The Morgan fingerprint density at radius 3 is 2.56 bits per heavy atom. The van der Waals surface area contributed by atoms with E-state index < -0.39 is 0 Å². The molecule has 27 heavy (non-hydrogen) atoms. The lowest BCUT2D eigenvalue weighted by Crippen LogP contribution is -2.53. The largest absolute Gasteiger partial charge is 0.379 e. The number of nitrogens with zero attached hydrogens (tertiary/aromatic N) is 2. The van der Waals surface area contributed by atoms with E-state index in [1.165, 1.54) is 18.9 Å². The predicted molar refractivity (Wildman–Crippen MR) is 109 cm³/mol. The Morgan fingerprint density at radius 1 is 1.30 bits per heavy atom. The standard InChI is InChI=1S/C20H30ClN3O3/c1-3-27-17-6-10-20(2,11-7-17)23-12-8-16(9-13-23)22-18-5-4-15(21)14-19(18)24(25)26/h4-5,14,16-17,22H,3,6-13H2,1-2H3/t17-,20-. The first kappa shape index (κ1) is 20.4. The predicted octanol–water partition coefficient (Wildman–Crippen LogP) is 4.86. The molecular formula is C20H30ClN3O3. The number of hydrogen-bond acceptors (Lipinski definition) is 5. The van der Waals surface area contributed by atoms with Crippen LogP contribution in [0.4, 0.5) is 11.4 Å². The summed E-state index contributed by atoms with van der Waals surface area (Å²) < 4.78 is 5.79. The third kappa shape index (κ3) is 4.92. The molecule has 0 unspecified atom stereocenters. The zero-order valence-electron chi connectivity index (χ0n) is 16.2. The number of ether oxygens (including phenoxy) is 1. The van der Waals surface area contributed by atoms with E-state index in [1.54, 1.807) is 12.1 Å². The average Bonchev–Trinajstić information content (AvgIpc) is 2.66. The van der Waals surface area contributed by atoms with Crippen LogP contribution in [-0.2, 0) is 4.74 Å². The highest BCUT2D eigenvalue weighted by Gasteiger charge is 2.38. The number of nitro groups is 1. The summed E-state index contributed by atoms with van der Waals surface area (Å²) >= 11 is 5.91. The maximum Gasteiger partial charge on any atom is 0.293 e. The molecule has 0 amide bonds. The number of halogens is 1. The van der Waals surface area contributed by atoms with Crippen molar-refractivity contribution in [3.05, 3.63) is 33.3 Å². The van der Waals surface area contributed by atoms with Gasteiger partial charge >= 0.3 is 0 Å². The van der Waals surface area contributed by atoms with E-state index in [-0.39, 0.29) is 22.2 Å². The van der Waals surface area contributed by atoms with Crippen molar-refractivity contribution in [2.24, 2.45) is 0 Å². The summed E-state index contributed by atoms with van der Waals surface area (Å²) in [5, 5.41) is 15.0. The van der Waals surface area contributed by atoms with Gasteiger partial charge in [0.25, 0.3) is 5.69 Å². The molecule has 3 rings (SSSR count). The number of nitro benzene ring substituents is 1. The zero-order chi connectivity index (χ0) is 19.4. The molecule has 0 radical (unpaired) electrons. The van der Waals surface area contributed by atoms with Crippen molar-refractivity contribution in [2.45, 2.75) is 70.1 Å². The molecule has 2 aliphatic rings. The summed E-state index contributed by atoms with van der Waals surface area (Å²) in [6, 6.07) is 5.08. The van der Waals surface area contributed by atoms with E-state index >= 15 is 0 Å². The van der Waals surface area contributed by atoms with Crippen molar-refractivity contribution in [3.8, 4) is 0 Å². The summed E-state index contributed by atoms with van der Waals surface area (Å²) in [5.74, 6) is 0. The van der Waals surface area contributed by atoms with Crippen LogP contribution in [0.5, 0.6) is 0 Å². The average molecular weight is 396 g/mol. The van der Waals surface area contributed by atoms with Crippen LogP contribution in [0, 0.1) is 10.1 Å². The van der Waals surface area contributed by atoms with Crippen molar-refractivity contribution in [1.29, 1.82) is 0 Å². The molecule has 1 heterocycles. The molecule has 1 saturated carbocycles. The van der Waals surface area contributed by atoms with Gasteiger partial charge in [0.1, 0.15) is 5.69 Å². The van der Waals surface area contributed by atoms with Crippen LogP contribution >= 0.6 is 11.6 Å². The van der Waals surface area contributed by atoms with Gasteiger partial charge in [-0.1, -0.05) is 11.6 Å². The molecule has 0 bridgehead atoms. The van der Waals surface area contributed by atoms with E-state index in [9.17, 15) is 10.1 Å². The van der Waals surface area contributed by atoms with Gasteiger partial charge in [-0.25, -0.2) is 0 Å². The summed E-state index contributed by atoms with van der Waals surface area (Å²) in [4.78, 5) is 13.5. The summed E-state index contributed by atoms with van der Waals surface area (Å²) in [6.45, 7) is 7.29. The molecule has 0 spiro atoms. The first-order valence-electron chi connectivity index (χ1n) is 9.98. The molecule has 1 aliphatic carbocycles. The monoisotopic (exact) mass is 395 g/mol. The zero-order valence-corrected chi connectivity index (χ0v) is 17.0. The number of benzene rings is 1. The molecule has 0 aromatic heterocycles. The van der Waals surface area contributed by atoms with Gasteiger partial charge in [0.15, 0.2) is 0 Å². The van der Waals surface area contributed by atoms with Gasteiger partial charge in [0, 0.05) is 42.4 Å². The summed E-state index contributed by atoms with van der Waals surface area (Å²) in [7, 11) is 0. The van der Waals surface area contributed by atoms with Gasteiger partial charge in [0.05, 0.1) is 11.0 Å². The van der Waals surface area contributed by atoms with Crippen LogP contribution in [-0.4, -0.2) is 47.2 Å². The van der Waals surface area contributed by atoms with Crippen molar-refractivity contribution < 1.29 is 9.66 Å². The first-order chi connectivity index (χ1) is 12.9. The Morgan fingerprint density at radius 2 is 1.96 bits per heavy atom. The highest BCUT2D eigenvalue weighted by molar-refractivity contribution is 6.30. The van der Waals surface area contributed by atoms with Gasteiger partial charge in [-0.2, -0.15) is 0 Å². The second-order valence-corrected chi connectivity index (χ2v) is 8.41. The smallest absolute Gasteiger partial charge is 0.293 e. The lowest BCUT2D eigenvalue weighted by molar-refractivity contribution is -0.384. The number of anilines is 1. The van der Waals surface area contributed by atoms with Crippen LogP contribution in [0.25, 0.3) is 0 Å². The molecule has 1 N–H and O–H groups in total. The second kappa shape index (κ2) is 8.76. The summed E-state index contributed by atoms with van der Waals surface area (Å²) in [5.41, 5.74) is 0.864. The maximum atomic E-state index is 11.3. The lowest BCUT2D eigenvalue weighted by atomic mass is 9.79. The molecule has 7 heteroatoms. The number of hydrogen-bond donors (Lipinski definition) is 1. The van der Waals surface area contributed by atoms with Crippen molar-refractivity contribution >= 4 is 23.0 Å². The van der Waals surface area contributed by atoms with Gasteiger partial charge in [-0.15, -0.1) is 0 Å². The first-order valence-corrected chi connectivity index (χ1v) is 10.4. The Hall–Kier alpha value is -1.37. The molecule has 1 aromatic rings. The van der Waals surface area contributed by atoms with Crippen molar-refractivity contribution in [2.75, 3.05) is 25.0 Å². The van der Waals surface area contributed by atoms with Gasteiger partial charge < -0.3 is 10.1 Å². The van der Waals surface area contributed by atoms with E-state index in [0.29, 0.717) is 16.8 Å². The van der Waals surface area contributed by atoms with Crippen molar-refractivity contribution in [1.82, 2.24) is 4.90 Å². The Bertz CT molecular complexity index is 654. The minimum atomic E-state index is -0.374. The lowest BCUT2D eigenvalue weighted by Gasteiger charge is -2.48. The fourth-order valence-electron chi connectivity index (χ4n) is 4.49. The Labute approximate surface area is 166 Å². The number of likely N-dealkylation sites (tertiary alicyclic amines) is 1. The van der Waals surface area contributed by atoms with Crippen molar-refractivity contribution in [3.63, 3.8) is 0 Å². The van der Waals surface area contributed by atoms with E-state index in [1.807, 2.05) is 0 Å². The van der Waals surface area contributed by atoms with Gasteiger partial charge in [-0.3, -0.25) is 15.0 Å². The van der Waals surface area contributed by atoms with Crippen LogP contribution in [0.2, 0.25) is 5.02 Å². The molecular weight excluding hydrogens is 366 g/mol. The van der Waals surface area contributed by atoms with Gasteiger partial charge in [0.2, 0.25) is 0 Å². The molecule has 6 nitrogen and oxygen atoms in total. The SMILES string of the molecule is CCO[C@H]1CC[C@](C)(N2CCC(Nc3ccc(Cl)cc3[N+](=O)[O-])CC2)CC1. The molecule has 1 saturated heterocycles. The molecule has 0 atom stereocenters. The van der Waals surface area contributed by atoms with E-state index in [2.05, 4.69) is 24.1 Å². The normalized spacial score (nSPS) is 27.4. The quantitative estimate of drug-likeness (QED) is 0.550. The second-order valence-electron chi connectivity index (χ2n) is 7.98. The van der Waals surface area contributed by atoms with Crippen LogP contribution in [0.1, 0.15) is 52.4 Å².